The maximum absolute atomic E-state index is 12.1. The average molecular weight is 273 g/mol. The molecule has 106 valence electrons. The van der Waals surface area contributed by atoms with Gasteiger partial charge < -0.3 is 10.5 Å². The Hall–Kier alpha value is -2.14. The number of methoxy groups -OCH3 is 1. The molecule has 0 amide bonds. The lowest BCUT2D eigenvalue weighted by atomic mass is 9.87. The van der Waals surface area contributed by atoms with Crippen molar-refractivity contribution in [3.63, 3.8) is 0 Å². The number of carbonyl (C=O) groups excluding carboxylic acids is 1. The fraction of sp³-hybridized carbons (Fsp3) is 0.333. The van der Waals surface area contributed by atoms with Crippen molar-refractivity contribution in [2.45, 2.75) is 25.4 Å². The molecule has 0 fully saturated rings. The second kappa shape index (κ2) is 5.88. The van der Waals surface area contributed by atoms with Crippen LogP contribution in [-0.4, -0.2) is 22.9 Å². The molecule has 1 unspecified atom stereocenters. The van der Waals surface area contributed by atoms with Gasteiger partial charge in [0.05, 0.1) is 7.11 Å². The Kier molecular flexibility index (Phi) is 4.20. The smallest absolute Gasteiger partial charge is 0.330 e. The summed E-state index contributed by atoms with van der Waals surface area (Å²) < 4.78 is 6.70. The third-order valence-electron chi connectivity index (χ3n) is 3.49. The first-order valence-electron chi connectivity index (χ1n) is 6.49. The van der Waals surface area contributed by atoms with Gasteiger partial charge >= 0.3 is 5.97 Å². The van der Waals surface area contributed by atoms with Crippen LogP contribution in [0.4, 0.5) is 0 Å². The van der Waals surface area contributed by atoms with Crippen LogP contribution in [0.25, 0.3) is 0 Å². The van der Waals surface area contributed by atoms with Gasteiger partial charge in [0.2, 0.25) is 0 Å². The molecule has 0 radical (unpaired) electrons. The molecule has 0 spiro atoms. The zero-order chi connectivity index (χ0) is 14.6. The summed E-state index contributed by atoms with van der Waals surface area (Å²) >= 11 is 0. The van der Waals surface area contributed by atoms with Gasteiger partial charge in [-0.3, -0.25) is 4.68 Å². The first kappa shape index (κ1) is 14.3. The third kappa shape index (κ3) is 2.72. The van der Waals surface area contributed by atoms with Gasteiger partial charge in [0.25, 0.3) is 0 Å². The molecule has 20 heavy (non-hydrogen) atoms. The predicted molar refractivity (Wildman–Crippen MR) is 75.9 cm³/mol. The largest absolute Gasteiger partial charge is 0.467 e. The molecule has 1 aromatic carbocycles. The molecule has 2 N–H and O–H groups in total. The molecular weight excluding hydrogens is 254 g/mol. The van der Waals surface area contributed by atoms with Gasteiger partial charge in [0.1, 0.15) is 5.54 Å². The van der Waals surface area contributed by atoms with Crippen LogP contribution in [-0.2, 0) is 21.6 Å². The molecule has 0 aliphatic carbocycles. The van der Waals surface area contributed by atoms with E-state index < -0.39 is 11.5 Å². The minimum absolute atomic E-state index is 0.423. The molecule has 1 atom stereocenters. The lowest BCUT2D eigenvalue weighted by Gasteiger charge is -2.27. The molecule has 0 aliphatic rings. The number of nitrogens with two attached hydrogens (primary N) is 1. The van der Waals surface area contributed by atoms with Crippen molar-refractivity contribution in [3.8, 4) is 0 Å². The maximum atomic E-state index is 12.1. The maximum Gasteiger partial charge on any atom is 0.330 e. The minimum Gasteiger partial charge on any atom is -0.467 e. The molecule has 0 saturated carbocycles. The SMILES string of the molecule is COC(=O)C(N)(CCn1nccc1C)c1ccccc1. The standard InChI is InChI=1S/C15H19N3O2/c1-12-8-10-17-18(12)11-9-15(16,14(19)20-2)13-6-4-3-5-7-13/h3-8,10H,9,11,16H2,1-2H3. The summed E-state index contributed by atoms with van der Waals surface area (Å²) in [6.07, 6.45) is 2.15. The highest BCUT2D eigenvalue weighted by Crippen LogP contribution is 2.24. The summed E-state index contributed by atoms with van der Waals surface area (Å²) in [4.78, 5) is 12.1. The fourth-order valence-corrected chi connectivity index (χ4v) is 2.20. The first-order chi connectivity index (χ1) is 9.58. The number of carbonyl (C=O) groups is 1. The fourth-order valence-electron chi connectivity index (χ4n) is 2.20. The van der Waals surface area contributed by atoms with E-state index in [2.05, 4.69) is 5.10 Å². The zero-order valence-electron chi connectivity index (χ0n) is 11.7. The average Bonchev–Trinajstić information content (AvgIpc) is 2.90. The van der Waals surface area contributed by atoms with Crippen molar-refractivity contribution in [2.75, 3.05) is 7.11 Å². The highest BCUT2D eigenvalue weighted by molar-refractivity contribution is 5.82. The Balaban J connectivity index is 2.24. The van der Waals surface area contributed by atoms with E-state index in [1.165, 1.54) is 7.11 Å². The van der Waals surface area contributed by atoms with Crippen molar-refractivity contribution in [3.05, 3.63) is 53.9 Å². The second-order valence-electron chi connectivity index (χ2n) is 4.77. The van der Waals surface area contributed by atoms with Crippen molar-refractivity contribution in [2.24, 2.45) is 5.73 Å². The predicted octanol–water partition coefficient (Wildman–Crippen LogP) is 1.61. The third-order valence-corrected chi connectivity index (χ3v) is 3.49. The van der Waals surface area contributed by atoms with Crippen LogP contribution in [0.5, 0.6) is 0 Å². The topological polar surface area (TPSA) is 70.1 Å². The van der Waals surface area contributed by atoms with Crippen LogP contribution in [0.15, 0.2) is 42.6 Å². The van der Waals surface area contributed by atoms with Crippen molar-refractivity contribution >= 4 is 5.97 Å². The van der Waals surface area contributed by atoms with Crippen LogP contribution in [0.1, 0.15) is 17.7 Å². The molecule has 2 aromatic rings. The molecule has 5 heteroatoms. The lowest BCUT2D eigenvalue weighted by molar-refractivity contribution is -0.148. The number of nitrogens with zero attached hydrogens (tertiary/aromatic N) is 2. The quantitative estimate of drug-likeness (QED) is 0.840. The Morgan fingerprint density at radius 3 is 2.60 bits per heavy atom. The molecule has 2 rings (SSSR count). The van der Waals surface area contributed by atoms with E-state index in [1.54, 1.807) is 6.20 Å². The molecule has 1 aromatic heterocycles. The van der Waals surface area contributed by atoms with E-state index in [1.807, 2.05) is 48.0 Å². The molecular formula is C15H19N3O2. The first-order valence-corrected chi connectivity index (χ1v) is 6.49. The highest BCUT2D eigenvalue weighted by Gasteiger charge is 2.37. The number of hydrogen-bond acceptors (Lipinski definition) is 4. The summed E-state index contributed by atoms with van der Waals surface area (Å²) in [5.41, 5.74) is 6.95. The van der Waals surface area contributed by atoms with E-state index in [4.69, 9.17) is 10.5 Å². The zero-order valence-corrected chi connectivity index (χ0v) is 11.7. The van der Waals surface area contributed by atoms with Gasteiger partial charge in [-0.05, 0) is 25.0 Å². The minimum atomic E-state index is -1.16. The number of aromatic nitrogens is 2. The number of aryl methyl sites for hydroxylation is 2. The van der Waals surface area contributed by atoms with Gasteiger partial charge in [0, 0.05) is 18.4 Å². The highest BCUT2D eigenvalue weighted by atomic mass is 16.5. The molecule has 5 nitrogen and oxygen atoms in total. The number of esters is 1. The summed E-state index contributed by atoms with van der Waals surface area (Å²) in [5, 5.41) is 4.21. The molecule has 1 heterocycles. The van der Waals surface area contributed by atoms with Crippen molar-refractivity contribution in [1.82, 2.24) is 9.78 Å². The Morgan fingerprint density at radius 2 is 2.05 bits per heavy atom. The molecule has 0 aliphatic heterocycles. The van der Waals surface area contributed by atoms with E-state index in [9.17, 15) is 4.79 Å². The van der Waals surface area contributed by atoms with Crippen molar-refractivity contribution in [1.29, 1.82) is 0 Å². The Bertz CT molecular complexity index is 580. The second-order valence-corrected chi connectivity index (χ2v) is 4.77. The normalized spacial score (nSPS) is 13.8. The number of ether oxygens (including phenoxy) is 1. The van der Waals surface area contributed by atoms with Crippen LogP contribution in [0.2, 0.25) is 0 Å². The van der Waals surface area contributed by atoms with Gasteiger partial charge in [0.15, 0.2) is 0 Å². The molecule has 0 bridgehead atoms. The Morgan fingerprint density at radius 1 is 1.35 bits per heavy atom. The summed E-state index contributed by atoms with van der Waals surface area (Å²) in [6, 6.07) is 11.2. The van der Waals surface area contributed by atoms with Gasteiger partial charge in [-0.25, -0.2) is 4.79 Å². The number of rotatable bonds is 5. The van der Waals surface area contributed by atoms with Crippen LogP contribution in [0, 0.1) is 6.92 Å². The van der Waals surface area contributed by atoms with E-state index in [-0.39, 0.29) is 0 Å². The van der Waals surface area contributed by atoms with Crippen LogP contribution < -0.4 is 5.73 Å². The van der Waals surface area contributed by atoms with Gasteiger partial charge in [-0.2, -0.15) is 5.10 Å². The van der Waals surface area contributed by atoms with Gasteiger partial charge in [-0.1, -0.05) is 30.3 Å². The lowest BCUT2D eigenvalue weighted by Crippen LogP contribution is -2.46. The summed E-state index contributed by atoms with van der Waals surface area (Å²) in [5.74, 6) is -0.437. The van der Waals surface area contributed by atoms with Gasteiger partial charge in [-0.15, -0.1) is 0 Å². The van der Waals surface area contributed by atoms with Crippen molar-refractivity contribution < 1.29 is 9.53 Å². The van der Waals surface area contributed by atoms with E-state index >= 15 is 0 Å². The monoisotopic (exact) mass is 273 g/mol. The summed E-state index contributed by atoms with van der Waals surface area (Å²) in [7, 11) is 1.35. The number of benzene rings is 1. The van der Waals surface area contributed by atoms with Crippen LogP contribution in [0.3, 0.4) is 0 Å². The number of hydrogen-bond donors (Lipinski definition) is 1. The molecule has 0 saturated heterocycles. The summed E-state index contributed by atoms with van der Waals surface area (Å²) in [6.45, 7) is 2.52. The van der Waals surface area contributed by atoms with E-state index in [0.717, 1.165) is 11.3 Å². The Labute approximate surface area is 118 Å². The van der Waals surface area contributed by atoms with Crippen LogP contribution >= 0.6 is 0 Å². The van der Waals surface area contributed by atoms with E-state index in [0.29, 0.717) is 13.0 Å².